The van der Waals surface area contributed by atoms with E-state index in [4.69, 9.17) is 0 Å². The van der Waals surface area contributed by atoms with Crippen LogP contribution in [0.3, 0.4) is 0 Å². The molecule has 2 heterocycles. The molecule has 0 aliphatic carbocycles. The molecule has 0 spiro atoms. The van der Waals surface area contributed by atoms with Crippen LogP contribution in [0.4, 0.5) is 4.39 Å². The van der Waals surface area contributed by atoms with Gasteiger partial charge in [-0.15, -0.1) is 0 Å². The number of nitrogens with one attached hydrogen (secondary N) is 1. The molecule has 1 N–H and O–H groups in total. The molecule has 29 heavy (non-hydrogen) atoms. The molecule has 152 valence electrons. The van der Waals surface area contributed by atoms with E-state index in [1.807, 2.05) is 0 Å². The quantitative estimate of drug-likeness (QED) is 0.620. The number of fused-ring (bicyclic) bond motifs is 1. The van der Waals surface area contributed by atoms with E-state index < -0.39 is 0 Å². The van der Waals surface area contributed by atoms with E-state index in [-0.39, 0.29) is 42.8 Å². The lowest BCUT2D eigenvalue weighted by Gasteiger charge is -2.20. The molecule has 2 aromatic heterocycles. The van der Waals surface area contributed by atoms with Gasteiger partial charge in [-0.05, 0) is 24.6 Å². The van der Waals surface area contributed by atoms with E-state index >= 15 is 0 Å². The highest BCUT2D eigenvalue weighted by atomic mass is 19.1. The Morgan fingerprint density at radius 1 is 1.24 bits per heavy atom. The Morgan fingerprint density at radius 3 is 2.66 bits per heavy atom. The van der Waals surface area contributed by atoms with Gasteiger partial charge in [-0.3, -0.25) is 23.6 Å². The van der Waals surface area contributed by atoms with Crippen LogP contribution in [0.25, 0.3) is 11.0 Å². The second-order valence-electron chi connectivity index (χ2n) is 6.49. The summed E-state index contributed by atoms with van der Waals surface area (Å²) >= 11 is 0. The van der Waals surface area contributed by atoms with Gasteiger partial charge in [0.1, 0.15) is 24.1 Å². The molecule has 1 aromatic carbocycles. The van der Waals surface area contributed by atoms with Gasteiger partial charge < -0.3 is 10.2 Å². The largest absolute Gasteiger partial charge is 0.350 e. The highest BCUT2D eigenvalue weighted by Gasteiger charge is 2.18. The summed E-state index contributed by atoms with van der Waals surface area (Å²) in [5.74, 6) is -1.08. The van der Waals surface area contributed by atoms with Crippen LogP contribution < -0.4 is 10.9 Å². The van der Waals surface area contributed by atoms with Gasteiger partial charge in [0.25, 0.3) is 5.56 Å². The number of aromatic nitrogens is 4. The molecule has 0 atom stereocenters. The second kappa shape index (κ2) is 8.63. The Kier molecular flexibility index (Phi) is 6.01. The zero-order valence-electron chi connectivity index (χ0n) is 16.1. The number of hydrogen-bond acceptors (Lipinski definition) is 5. The fourth-order valence-electron chi connectivity index (χ4n) is 2.83. The minimum absolute atomic E-state index is 0.145. The van der Waals surface area contributed by atoms with Gasteiger partial charge in [0.2, 0.25) is 11.8 Å². The number of likely N-dealkylation sites (N-methyl/N-ethyl adjacent to an activating group) is 1. The summed E-state index contributed by atoms with van der Waals surface area (Å²) in [5.41, 5.74) is 0.816. The van der Waals surface area contributed by atoms with Crippen molar-refractivity contribution in [3.8, 4) is 0 Å². The van der Waals surface area contributed by atoms with Crippen molar-refractivity contribution in [1.29, 1.82) is 0 Å². The molecule has 0 bridgehead atoms. The summed E-state index contributed by atoms with van der Waals surface area (Å²) in [4.78, 5) is 42.8. The molecule has 0 radical (unpaired) electrons. The molecule has 3 aromatic rings. The van der Waals surface area contributed by atoms with Gasteiger partial charge in [0.15, 0.2) is 5.65 Å². The lowest BCUT2D eigenvalue weighted by atomic mass is 10.2. The molecule has 0 fully saturated rings. The minimum Gasteiger partial charge on any atom is -0.350 e. The van der Waals surface area contributed by atoms with Gasteiger partial charge in [-0.2, -0.15) is 5.10 Å². The van der Waals surface area contributed by atoms with Crippen LogP contribution in [0.15, 0.2) is 41.6 Å². The third kappa shape index (κ3) is 4.65. The third-order valence-corrected chi connectivity index (χ3v) is 4.50. The smallest absolute Gasteiger partial charge is 0.264 e. The normalized spacial score (nSPS) is 10.9. The molecule has 0 unspecified atom stereocenters. The average molecular weight is 400 g/mol. The van der Waals surface area contributed by atoms with Crippen molar-refractivity contribution in [2.75, 3.05) is 13.1 Å². The zero-order valence-corrected chi connectivity index (χ0v) is 16.1. The SMILES string of the molecule is CCN(CC(=O)NCc1ccc(F)cc1)C(=O)Cn1cnc2c(cnn2C)c1=O. The Morgan fingerprint density at radius 2 is 1.97 bits per heavy atom. The zero-order chi connectivity index (χ0) is 21.0. The van der Waals surface area contributed by atoms with Gasteiger partial charge in [-0.1, -0.05) is 12.1 Å². The van der Waals surface area contributed by atoms with E-state index in [0.717, 1.165) is 5.56 Å². The Bertz CT molecular complexity index is 1090. The number of nitrogens with zero attached hydrogens (tertiary/aromatic N) is 5. The van der Waals surface area contributed by atoms with Crippen molar-refractivity contribution in [2.45, 2.75) is 20.0 Å². The molecule has 0 saturated carbocycles. The summed E-state index contributed by atoms with van der Waals surface area (Å²) < 4.78 is 15.6. The molecule has 10 heteroatoms. The highest BCUT2D eigenvalue weighted by molar-refractivity contribution is 5.84. The van der Waals surface area contributed by atoms with Crippen molar-refractivity contribution in [1.82, 2.24) is 29.5 Å². The van der Waals surface area contributed by atoms with E-state index in [2.05, 4.69) is 15.4 Å². The highest BCUT2D eigenvalue weighted by Crippen LogP contribution is 2.04. The predicted octanol–water partition coefficient (Wildman–Crippen LogP) is 0.434. The molecule has 3 rings (SSSR count). The first-order valence-electron chi connectivity index (χ1n) is 9.05. The first kappa shape index (κ1) is 20.2. The van der Waals surface area contributed by atoms with Crippen molar-refractivity contribution in [2.24, 2.45) is 7.05 Å². The van der Waals surface area contributed by atoms with Gasteiger partial charge >= 0.3 is 0 Å². The first-order chi connectivity index (χ1) is 13.9. The minimum atomic E-state index is -0.378. The van der Waals surface area contributed by atoms with Crippen LogP contribution in [0.1, 0.15) is 12.5 Å². The van der Waals surface area contributed by atoms with Crippen molar-refractivity contribution in [3.05, 3.63) is 58.5 Å². The lowest BCUT2D eigenvalue weighted by molar-refractivity contribution is -0.136. The molecular weight excluding hydrogens is 379 g/mol. The maximum atomic E-state index is 12.9. The van der Waals surface area contributed by atoms with Crippen molar-refractivity contribution < 1.29 is 14.0 Å². The predicted molar refractivity (Wildman–Crippen MR) is 103 cm³/mol. The summed E-state index contributed by atoms with van der Waals surface area (Å²) in [6.07, 6.45) is 2.71. The van der Waals surface area contributed by atoms with Crippen LogP contribution >= 0.6 is 0 Å². The Hall–Kier alpha value is -3.56. The number of hydrogen-bond donors (Lipinski definition) is 1. The first-order valence-corrected chi connectivity index (χ1v) is 9.05. The number of aryl methyl sites for hydroxylation is 1. The summed E-state index contributed by atoms with van der Waals surface area (Å²) in [6, 6.07) is 5.78. The van der Waals surface area contributed by atoms with E-state index in [1.165, 1.54) is 38.8 Å². The maximum Gasteiger partial charge on any atom is 0.264 e. The molecule has 0 saturated heterocycles. The van der Waals surface area contributed by atoms with Crippen molar-refractivity contribution in [3.63, 3.8) is 0 Å². The van der Waals surface area contributed by atoms with Gasteiger partial charge in [-0.25, -0.2) is 9.37 Å². The second-order valence-corrected chi connectivity index (χ2v) is 6.49. The summed E-state index contributed by atoms with van der Waals surface area (Å²) in [7, 11) is 1.67. The maximum absolute atomic E-state index is 12.9. The molecular formula is C19H21FN6O3. The number of halogens is 1. The average Bonchev–Trinajstić information content (AvgIpc) is 3.09. The van der Waals surface area contributed by atoms with Gasteiger partial charge in [0, 0.05) is 20.1 Å². The number of carbonyl (C=O) groups is 2. The molecule has 9 nitrogen and oxygen atoms in total. The summed E-state index contributed by atoms with van der Waals surface area (Å²) in [5, 5.41) is 7.00. The Balaban J connectivity index is 1.61. The van der Waals surface area contributed by atoms with Crippen LogP contribution in [0.2, 0.25) is 0 Å². The van der Waals surface area contributed by atoms with Crippen LogP contribution in [0, 0.1) is 5.82 Å². The topological polar surface area (TPSA) is 102 Å². The third-order valence-electron chi connectivity index (χ3n) is 4.50. The van der Waals surface area contributed by atoms with E-state index in [1.54, 1.807) is 26.1 Å². The summed E-state index contributed by atoms with van der Waals surface area (Å²) in [6.45, 7) is 1.91. The number of rotatable bonds is 7. The lowest BCUT2D eigenvalue weighted by Crippen LogP contribution is -2.42. The van der Waals surface area contributed by atoms with Gasteiger partial charge in [0.05, 0.1) is 12.7 Å². The molecule has 0 aliphatic heterocycles. The van der Waals surface area contributed by atoms with Crippen LogP contribution in [-0.2, 0) is 29.7 Å². The fourth-order valence-corrected chi connectivity index (χ4v) is 2.83. The van der Waals surface area contributed by atoms with E-state index in [0.29, 0.717) is 17.6 Å². The number of amides is 2. The number of benzene rings is 1. The van der Waals surface area contributed by atoms with Crippen molar-refractivity contribution >= 4 is 22.8 Å². The van der Waals surface area contributed by atoms with E-state index in [9.17, 15) is 18.8 Å². The fraction of sp³-hybridized carbons (Fsp3) is 0.316. The molecule has 2 amide bonds. The monoisotopic (exact) mass is 400 g/mol. The standard InChI is InChI=1S/C19H21FN6O3/c1-3-25(10-16(27)21-8-13-4-6-14(20)7-5-13)17(28)11-26-12-22-18-15(19(26)29)9-23-24(18)2/h4-7,9,12H,3,8,10-11H2,1-2H3,(H,21,27). The van der Waals surface area contributed by atoms with Crippen LogP contribution in [-0.4, -0.2) is 49.1 Å². The Labute approximate surface area is 165 Å². The van der Waals surface area contributed by atoms with Crippen LogP contribution in [0.5, 0.6) is 0 Å². The number of carbonyl (C=O) groups excluding carboxylic acids is 2. The molecule has 0 aliphatic rings.